The molecule has 1 fully saturated rings. The van der Waals surface area contributed by atoms with Gasteiger partial charge in [0, 0.05) is 6.20 Å². The van der Waals surface area contributed by atoms with Crippen molar-refractivity contribution < 1.29 is 10.0 Å². The largest absolute Gasteiger partial charge is 0.366 e. The van der Waals surface area contributed by atoms with E-state index in [4.69, 9.17) is 11.6 Å². The number of nitrogens with one attached hydrogen (secondary N) is 1. The van der Waals surface area contributed by atoms with E-state index in [1.165, 1.54) is 6.20 Å². The predicted octanol–water partition coefficient (Wildman–Crippen LogP) is 2.48. The first kappa shape index (κ1) is 15.0. The zero-order valence-corrected chi connectivity index (χ0v) is 12.7. The number of hydrogen-bond donors (Lipinski definition) is 1. The van der Waals surface area contributed by atoms with Crippen molar-refractivity contribution >= 4 is 17.4 Å². The molecule has 1 radical (unpaired) electrons. The van der Waals surface area contributed by atoms with Gasteiger partial charge in [-0.1, -0.05) is 17.7 Å². The summed E-state index contributed by atoms with van der Waals surface area (Å²) >= 11 is 6.21. The highest BCUT2D eigenvalue weighted by Crippen LogP contribution is 2.38. The Morgan fingerprint density at radius 1 is 1.30 bits per heavy atom. The Hall–Kier alpha value is -1.43. The fraction of sp³-hybridized carbons (Fsp3) is 0.429. The number of rotatable bonds is 2. The van der Waals surface area contributed by atoms with Gasteiger partial charge < -0.3 is 5.32 Å². The highest BCUT2D eigenvalue weighted by molar-refractivity contribution is 6.45. The van der Waals surface area contributed by atoms with Crippen molar-refractivity contribution in [2.75, 3.05) is 0 Å². The predicted molar refractivity (Wildman–Crippen MR) is 75.3 cm³/mol. The smallest absolute Gasteiger partial charge is 0.224 e. The molecular weight excluding hydrogens is 278 g/mol. The van der Waals surface area contributed by atoms with Gasteiger partial charge in [0.05, 0.1) is 11.2 Å². The lowest BCUT2D eigenvalue weighted by molar-refractivity contribution is -0.243. The van der Waals surface area contributed by atoms with Crippen LogP contribution in [0.5, 0.6) is 0 Å². The zero-order chi connectivity index (χ0) is 15.1. The number of Topliss-reactive ketones (excluding diaryl/α,β-unsaturated/α-hetero) is 1. The Bertz CT molecular complexity index is 567. The molecule has 107 valence electrons. The first-order valence-electron chi connectivity index (χ1n) is 6.29. The molecule has 0 aromatic carbocycles. The second-order valence-corrected chi connectivity index (χ2v) is 6.15. The number of nitrogens with zero attached hydrogens (tertiary/aromatic N) is 2. The van der Waals surface area contributed by atoms with Crippen LogP contribution < -0.4 is 5.32 Å². The van der Waals surface area contributed by atoms with E-state index < -0.39 is 17.0 Å². The summed E-state index contributed by atoms with van der Waals surface area (Å²) in [7, 11) is 0. The Kier molecular flexibility index (Phi) is 3.62. The Morgan fingerprint density at radius 2 is 1.95 bits per heavy atom. The van der Waals surface area contributed by atoms with Gasteiger partial charge in [0.25, 0.3) is 0 Å². The summed E-state index contributed by atoms with van der Waals surface area (Å²) in [5.74, 6) is -0.394. The van der Waals surface area contributed by atoms with E-state index in [1.807, 2.05) is 0 Å². The van der Waals surface area contributed by atoms with E-state index in [0.29, 0.717) is 5.70 Å². The molecule has 1 aliphatic rings. The van der Waals surface area contributed by atoms with Crippen LogP contribution in [-0.2, 0) is 5.21 Å². The first-order chi connectivity index (χ1) is 9.18. The first-order valence-corrected chi connectivity index (χ1v) is 6.67. The summed E-state index contributed by atoms with van der Waals surface area (Å²) in [6.07, 6.45) is 1.53. The average Bonchev–Trinajstić information content (AvgIpc) is 2.58. The van der Waals surface area contributed by atoms with E-state index in [1.54, 1.807) is 45.9 Å². The Balaban J connectivity index is 2.45. The molecule has 2 heterocycles. The van der Waals surface area contributed by atoms with Crippen LogP contribution in [0.4, 0.5) is 0 Å². The molecule has 0 aliphatic carbocycles. The minimum atomic E-state index is -0.898. The van der Waals surface area contributed by atoms with Gasteiger partial charge in [0.1, 0.15) is 16.4 Å². The highest BCUT2D eigenvalue weighted by atomic mass is 35.5. The molecule has 1 N–H and O–H groups in total. The molecule has 0 spiro atoms. The van der Waals surface area contributed by atoms with Crippen LogP contribution >= 0.6 is 11.6 Å². The lowest BCUT2D eigenvalue weighted by Crippen LogP contribution is -2.47. The fourth-order valence-electron chi connectivity index (χ4n) is 2.36. The van der Waals surface area contributed by atoms with Crippen molar-refractivity contribution in [3.63, 3.8) is 0 Å². The van der Waals surface area contributed by atoms with Gasteiger partial charge in [0.2, 0.25) is 5.78 Å². The topological polar surface area (TPSA) is 65.1 Å². The van der Waals surface area contributed by atoms with Gasteiger partial charge in [-0.05, 0) is 39.8 Å². The molecule has 6 heteroatoms. The van der Waals surface area contributed by atoms with E-state index in [-0.39, 0.29) is 10.7 Å². The molecule has 0 amide bonds. The van der Waals surface area contributed by atoms with Crippen LogP contribution in [0.1, 0.15) is 38.2 Å². The van der Waals surface area contributed by atoms with Gasteiger partial charge >= 0.3 is 0 Å². The molecule has 20 heavy (non-hydrogen) atoms. The molecule has 1 aromatic heterocycles. The van der Waals surface area contributed by atoms with Crippen molar-refractivity contribution in [2.24, 2.45) is 0 Å². The zero-order valence-electron chi connectivity index (χ0n) is 11.9. The van der Waals surface area contributed by atoms with Gasteiger partial charge in [-0.3, -0.25) is 9.78 Å². The number of halogens is 1. The molecule has 0 unspecified atom stereocenters. The van der Waals surface area contributed by atoms with E-state index in [0.717, 1.165) is 5.06 Å². The van der Waals surface area contributed by atoms with Crippen LogP contribution in [0.3, 0.4) is 0 Å². The molecule has 5 nitrogen and oxygen atoms in total. The van der Waals surface area contributed by atoms with Gasteiger partial charge in [0.15, 0.2) is 0 Å². The van der Waals surface area contributed by atoms with Crippen molar-refractivity contribution in [2.45, 2.75) is 38.9 Å². The molecule has 0 saturated carbocycles. The minimum Gasteiger partial charge on any atom is -0.366 e. The molecule has 0 bridgehead atoms. The summed E-state index contributed by atoms with van der Waals surface area (Å²) < 4.78 is 0. The Morgan fingerprint density at radius 3 is 2.40 bits per heavy atom. The number of aromatic nitrogens is 1. The summed E-state index contributed by atoms with van der Waals surface area (Å²) in [5.41, 5.74) is -1.03. The third kappa shape index (κ3) is 2.32. The second kappa shape index (κ2) is 4.84. The SMILES string of the molecule is CC1(C)N/C(=C(/Cl)C(=O)c2ccccn2)C(C)(C)N1[O]. The van der Waals surface area contributed by atoms with Crippen molar-refractivity contribution in [3.8, 4) is 0 Å². The number of carbonyl (C=O) groups is 1. The second-order valence-electron chi connectivity index (χ2n) is 5.77. The number of allylic oxidation sites excluding steroid dienone is 1. The maximum atomic E-state index is 12.3. The number of pyridine rings is 1. The van der Waals surface area contributed by atoms with E-state index >= 15 is 0 Å². The van der Waals surface area contributed by atoms with Crippen LogP contribution in [0.15, 0.2) is 35.1 Å². The molecule has 1 aliphatic heterocycles. The van der Waals surface area contributed by atoms with Crippen LogP contribution in [-0.4, -0.2) is 27.0 Å². The molecule has 0 atom stereocenters. The summed E-state index contributed by atoms with van der Waals surface area (Å²) in [6.45, 7) is 6.94. The minimum absolute atomic E-state index is 0.000116. The highest BCUT2D eigenvalue weighted by Gasteiger charge is 2.50. The van der Waals surface area contributed by atoms with E-state index in [2.05, 4.69) is 10.3 Å². The van der Waals surface area contributed by atoms with Crippen molar-refractivity contribution in [1.29, 1.82) is 0 Å². The lowest BCUT2D eigenvalue weighted by Gasteiger charge is -2.29. The standard InChI is InChI=1S/C14H17ClN3O2/c1-13(2)12(17-14(3,4)18(13)20)10(15)11(19)9-7-5-6-8-16-9/h5-8,17H,1-4H3/b12-10+. The van der Waals surface area contributed by atoms with Crippen LogP contribution in [0.2, 0.25) is 0 Å². The Labute approximate surface area is 123 Å². The maximum Gasteiger partial charge on any atom is 0.224 e. The number of hydrogen-bond acceptors (Lipinski definition) is 4. The maximum absolute atomic E-state index is 12.3. The average molecular weight is 295 g/mol. The third-order valence-electron chi connectivity index (χ3n) is 3.37. The monoisotopic (exact) mass is 294 g/mol. The van der Waals surface area contributed by atoms with Crippen molar-refractivity contribution in [3.05, 3.63) is 40.8 Å². The van der Waals surface area contributed by atoms with Gasteiger partial charge in [-0.25, -0.2) is 0 Å². The van der Waals surface area contributed by atoms with Crippen LogP contribution in [0, 0.1) is 0 Å². The lowest BCUT2D eigenvalue weighted by atomic mass is 10.00. The number of ketones is 1. The number of carbonyl (C=O) groups excluding carboxylic acids is 1. The van der Waals surface area contributed by atoms with Gasteiger partial charge in [-0.2, -0.15) is 0 Å². The quantitative estimate of drug-likeness (QED) is 0.672. The molecule has 2 rings (SSSR count). The van der Waals surface area contributed by atoms with E-state index in [9.17, 15) is 10.0 Å². The van der Waals surface area contributed by atoms with Crippen LogP contribution in [0.25, 0.3) is 0 Å². The third-order valence-corrected chi connectivity index (χ3v) is 3.74. The van der Waals surface area contributed by atoms with Gasteiger partial charge in [-0.15, -0.1) is 10.3 Å². The molecular formula is C14H17ClN3O2. The summed E-state index contributed by atoms with van der Waals surface area (Å²) in [5, 5.41) is 16.2. The normalized spacial score (nSPS) is 23.3. The summed E-state index contributed by atoms with van der Waals surface area (Å²) in [6, 6.07) is 5.03. The number of hydroxylamine groups is 2. The molecule has 1 saturated heterocycles. The van der Waals surface area contributed by atoms with Crippen molar-refractivity contribution in [1.82, 2.24) is 15.4 Å². The molecule has 1 aromatic rings. The summed E-state index contributed by atoms with van der Waals surface area (Å²) in [4.78, 5) is 16.3. The fourth-order valence-corrected chi connectivity index (χ4v) is 2.73.